The Morgan fingerprint density at radius 2 is 2.07 bits per heavy atom. The molecule has 1 rings (SSSR count). The first-order valence-electron chi connectivity index (χ1n) is 4.08. The molecule has 0 aliphatic heterocycles. The predicted octanol–water partition coefficient (Wildman–Crippen LogP) is 1.10. The number of hydrogen-bond donors (Lipinski definition) is 1. The molecule has 2 N–H and O–H groups in total. The summed E-state index contributed by atoms with van der Waals surface area (Å²) in [6.45, 7) is 0. The second-order valence-corrected chi connectivity index (χ2v) is 2.90. The largest absolute Gasteiger partial charge is 0.317 e. The van der Waals surface area contributed by atoms with Crippen LogP contribution in [-0.2, 0) is 6.42 Å². The lowest BCUT2D eigenvalue weighted by Gasteiger charge is -2.03. The molecule has 1 aromatic rings. The van der Waals surface area contributed by atoms with Crippen LogP contribution in [0.2, 0.25) is 0 Å². The van der Waals surface area contributed by atoms with Gasteiger partial charge < -0.3 is 5.73 Å². The van der Waals surface area contributed by atoms with E-state index in [-0.39, 0.29) is 11.7 Å². The summed E-state index contributed by atoms with van der Waals surface area (Å²) in [6.07, 6.45) is 5.65. The van der Waals surface area contributed by atoms with Crippen LogP contribution in [0.5, 0.6) is 0 Å². The van der Waals surface area contributed by atoms with Crippen molar-refractivity contribution < 1.29 is 4.92 Å². The quantitative estimate of drug-likeness (QED) is 0.440. The van der Waals surface area contributed by atoms with Gasteiger partial charge in [-0.3, -0.25) is 10.1 Å². The van der Waals surface area contributed by atoms with Crippen LogP contribution >= 0.6 is 0 Å². The summed E-state index contributed by atoms with van der Waals surface area (Å²) >= 11 is 0. The molecule has 0 bridgehead atoms. The van der Waals surface area contributed by atoms with Crippen LogP contribution < -0.4 is 5.73 Å². The molecule has 0 amide bonds. The molecule has 0 saturated carbocycles. The lowest BCUT2D eigenvalue weighted by Crippen LogP contribution is -2.19. The summed E-state index contributed by atoms with van der Waals surface area (Å²) in [5.74, 6) is 2.39. The maximum atomic E-state index is 10.3. The van der Waals surface area contributed by atoms with Gasteiger partial charge in [0, 0.05) is 12.1 Å². The number of hydrogen-bond acceptors (Lipinski definition) is 3. The van der Waals surface area contributed by atoms with E-state index in [1.165, 1.54) is 12.1 Å². The van der Waals surface area contributed by atoms with E-state index in [2.05, 4.69) is 5.92 Å². The Kier molecular flexibility index (Phi) is 3.21. The zero-order valence-corrected chi connectivity index (χ0v) is 7.51. The first-order chi connectivity index (χ1) is 6.63. The minimum atomic E-state index is -0.440. The molecule has 1 atom stereocenters. The van der Waals surface area contributed by atoms with E-state index in [9.17, 15) is 10.1 Å². The first kappa shape index (κ1) is 10.2. The molecular weight excluding hydrogens is 180 g/mol. The van der Waals surface area contributed by atoms with E-state index in [0.717, 1.165) is 5.56 Å². The van der Waals surface area contributed by atoms with Crippen LogP contribution in [-0.4, -0.2) is 11.0 Å². The zero-order valence-electron chi connectivity index (χ0n) is 7.51. The monoisotopic (exact) mass is 190 g/mol. The van der Waals surface area contributed by atoms with Crippen LogP contribution in [0, 0.1) is 22.5 Å². The molecule has 0 aromatic heterocycles. The third-order valence-corrected chi connectivity index (χ3v) is 1.82. The molecule has 4 heteroatoms. The highest BCUT2D eigenvalue weighted by Gasteiger charge is 2.05. The molecule has 1 aromatic carbocycles. The molecule has 0 radical (unpaired) electrons. The zero-order chi connectivity index (χ0) is 10.6. The lowest BCUT2D eigenvalue weighted by molar-refractivity contribution is -0.384. The molecule has 0 aliphatic rings. The maximum Gasteiger partial charge on any atom is 0.269 e. The Hall–Kier alpha value is -1.86. The highest BCUT2D eigenvalue weighted by Crippen LogP contribution is 2.12. The molecule has 1 unspecified atom stereocenters. The van der Waals surface area contributed by atoms with Crippen molar-refractivity contribution in [2.75, 3.05) is 0 Å². The van der Waals surface area contributed by atoms with Gasteiger partial charge in [-0.2, -0.15) is 0 Å². The van der Waals surface area contributed by atoms with Gasteiger partial charge >= 0.3 is 0 Å². The van der Waals surface area contributed by atoms with Gasteiger partial charge in [0.15, 0.2) is 0 Å². The number of benzene rings is 1. The molecule has 0 heterocycles. The molecule has 0 spiro atoms. The van der Waals surface area contributed by atoms with Crippen molar-refractivity contribution in [2.24, 2.45) is 5.73 Å². The fourth-order valence-electron chi connectivity index (χ4n) is 1.07. The average molecular weight is 190 g/mol. The second kappa shape index (κ2) is 4.40. The van der Waals surface area contributed by atoms with Crippen molar-refractivity contribution in [3.63, 3.8) is 0 Å². The van der Waals surface area contributed by atoms with Crippen molar-refractivity contribution in [3.8, 4) is 12.3 Å². The SMILES string of the molecule is C#CC(N)Cc1ccc([N+](=O)[O-])cc1. The van der Waals surface area contributed by atoms with Gasteiger partial charge in [-0.05, 0) is 12.0 Å². The Labute approximate surface area is 81.9 Å². The highest BCUT2D eigenvalue weighted by molar-refractivity contribution is 5.33. The Morgan fingerprint density at radius 1 is 1.50 bits per heavy atom. The fraction of sp³-hybridized carbons (Fsp3) is 0.200. The highest BCUT2D eigenvalue weighted by atomic mass is 16.6. The van der Waals surface area contributed by atoms with E-state index in [4.69, 9.17) is 12.2 Å². The molecule has 0 saturated heterocycles. The smallest absolute Gasteiger partial charge is 0.269 e. The van der Waals surface area contributed by atoms with Crippen LogP contribution in [0.15, 0.2) is 24.3 Å². The lowest BCUT2D eigenvalue weighted by atomic mass is 10.1. The molecule has 0 aliphatic carbocycles. The molecule has 4 nitrogen and oxygen atoms in total. The topological polar surface area (TPSA) is 69.2 Å². The molecule has 0 fully saturated rings. The standard InChI is InChI=1S/C10H10N2O2/c1-2-9(11)7-8-3-5-10(6-4-8)12(13)14/h1,3-6,9H,7,11H2. The third-order valence-electron chi connectivity index (χ3n) is 1.82. The van der Waals surface area contributed by atoms with E-state index < -0.39 is 4.92 Å². The number of nitro benzene ring substituents is 1. The summed E-state index contributed by atoms with van der Waals surface area (Å²) in [7, 11) is 0. The maximum absolute atomic E-state index is 10.3. The summed E-state index contributed by atoms with van der Waals surface area (Å²) < 4.78 is 0. The number of nitro groups is 1. The number of nitrogens with two attached hydrogens (primary N) is 1. The number of terminal acetylenes is 1. The summed E-state index contributed by atoms with van der Waals surface area (Å²) in [6, 6.07) is 5.87. The third kappa shape index (κ3) is 2.57. The van der Waals surface area contributed by atoms with Crippen molar-refractivity contribution in [1.29, 1.82) is 0 Å². The molecule has 14 heavy (non-hydrogen) atoms. The molecule has 72 valence electrons. The fourth-order valence-corrected chi connectivity index (χ4v) is 1.07. The van der Waals surface area contributed by atoms with Gasteiger partial charge in [0.1, 0.15) is 0 Å². The summed E-state index contributed by atoms with van der Waals surface area (Å²) in [5, 5.41) is 10.3. The Balaban J connectivity index is 2.75. The van der Waals surface area contributed by atoms with Gasteiger partial charge in [-0.25, -0.2) is 0 Å². The van der Waals surface area contributed by atoms with Crippen LogP contribution in [0.4, 0.5) is 5.69 Å². The van der Waals surface area contributed by atoms with E-state index >= 15 is 0 Å². The van der Waals surface area contributed by atoms with Crippen molar-refractivity contribution >= 4 is 5.69 Å². The Bertz CT molecular complexity index is 365. The minimum absolute atomic E-state index is 0.0722. The number of non-ortho nitro benzene ring substituents is 1. The number of nitrogens with zero attached hydrogens (tertiary/aromatic N) is 1. The second-order valence-electron chi connectivity index (χ2n) is 2.90. The normalized spacial score (nSPS) is 11.7. The Morgan fingerprint density at radius 3 is 2.50 bits per heavy atom. The number of rotatable bonds is 3. The van der Waals surface area contributed by atoms with Gasteiger partial charge in [0.2, 0.25) is 0 Å². The molecular formula is C10H10N2O2. The van der Waals surface area contributed by atoms with Gasteiger partial charge in [0.25, 0.3) is 5.69 Å². The summed E-state index contributed by atoms with van der Waals surface area (Å²) in [4.78, 5) is 9.90. The van der Waals surface area contributed by atoms with E-state index in [1.807, 2.05) is 0 Å². The van der Waals surface area contributed by atoms with Crippen molar-refractivity contribution in [2.45, 2.75) is 12.5 Å². The van der Waals surface area contributed by atoms with Gasteiger partial charge in [-0.1, -0.05) is 18.1 Å². The van der Waals surface area contributed by atoms with Crippen molar-refractivity contribution in [1.82, 2.24) is 0 Å². The minimum Gasteiger partial charge on any atom is -0.317 e. The van der Waals surface area contributed by atoms with E-state index in [0.29, 0.717) is 6.42 Å². The van der Waals surface area contributed by atoms with Crippen LogP contribution in [0.25, 0.3) is 0 Å². The van der Waals surface area contributed by atoms with Gasteiger partial charge in [0.05, 0.1) is 11.0 Å². The average Bonchev–Trinajstić information content (AvgIpc) is 2.18. The van der Waals surface area contributed by atoms with Crippen LogP contribution in [0.3, 0.4) is 0 Å². The summed E-state index contributed by atoms with van der Waals surface area (Å²) in [5.41, 5.74) is 6.51. The van der Waals surface area contributed by atoms with Crippen LogP contribution in [0.1, 0.15) is 5.56 Å². The predicted molar refractivity (Wildman–Crippen MR) is 53.6 cm³/mol. The van der Waals surface area contributed by atoms with Gasteiger partial charge in [-0.15, -0.1) is 6.42 Å². The van der Waals surface area contributed by atoms with E-state index in [1.54, 1.807) is 12.1 Å². The first-order valence-corrected chi connectivity index (χ1v) is 4.08. The van der Waals surface area contributed by atoms with Crippen molar-refractivity contribution in [3.05, 3.63) is 39.9 Å².